The molecule has 1 aliphatic rings. The van der Waals surface area contributed by atoms with Crippen molar-refractivity contribution in [2.24, 2.45) is 0 Å². The van der Waals surface area contributed by atoms with Gasteiger partial charge in [-0.05, 0) is 25.8 Å². The van der Waals surface area contributed by atoms with Crippen molar-refractivity contribution in [1.82, 2.24) is 10.2 Å². The second-order valence-corrected chi connectivity index (χ2v) is 3.93. The Hall–Kier alpha value is -0.610. The molecule has 1 saturated heterocycles. The van der Waals surface area contributed by atoms with Crippen LogP contribution in [0.1, 0.15) is 25.7 Å². The van der Waals surface area contributed by atoms with Gasteiger partial charge in [-0.25, -0.2) is 0 Å². The average Bonchev–Trinajstić information content (AvgIpc) is 2.76. The highest BCUT2D eigenvalue weighted by Crippen LogP contribution is 2.09. The van der Waals surface area contributed by atoms with Crippen LogP contribution in [-0.4, -0.2) is 50.7 Å². The highest BCUT2D eigenvalue weighted by atomic mass is 16.5. The smallest absolute Gasteiger partial charge is 0.222 e. The van der Waals surface area contributed by atoms with E-state index in [0.29, 0.717) is 12.3 Å². The van der Waals surface area contributed by atoms with E-state index in [-0.39, 0.29) is 0 Å². The van der Waals surface area contributed by atoms with Crippen molar-refractivity contribution in [1.29, 1.82) is 0 Å². The summed E-state index contributed by atoms with van der Waals surface area (Å²) in [6.45, 7) is 4.45. The second-order valence-electron chi connectivity index (χ2n) is 3.93. The van der Waals surface area contributed by atoms with Gasteiger partial charge in [-0.2, -0.15) is 0 Å². The van der Waals surface area contributed by atoms with E-state index in [2.05, 4.69) is 5.32 Å². The Labute approximate surface area is 92.0 Å². The van der Waals surface area contributed by atoms with Crippen LogP contribution < -0.4 is 5.32 Å². The van der Waals surface area contributed by atoms with E-state index in [0.717, 1.165) is 39.2 Å². The standard InChI is InChI=1S/C11H22N2O2/c1-15-10-7-12-6-4-5-11(14)13-8-2-3-9-13/h12H,2-10H2,1H3. The van der Waals surface area contributed by atoms with Crippen LogP contribution >= 0.6 is 0 Å². The third-order valence-corrected chi connectivity index (χ3v) is 2.69. The number of likely N-dealkylation sites (tertiary alicyclic amines) is 1. The summed E-state index contributed by atoms with van der Waals surface area (Å²) in [4.78, 5) is 13.6. The molecule has 1 rings (SSSR count). The molecule has 0 aliphatic carbocycles. The first-order valence-electron chi connectivity index (χ1n) is 5.82. The summed E-state index contributed by atoms with van der Waals surface area (Å²) in [6, 6.07) is 0. The maximum Gasteiger partial charge on any atom is 0.222 e. The molecule has 1 fully saturated rings. The van der Waals surface area contributed by atoms with Crippen molar-refractivity contribution >= 4 is 5.91 Å². The predicted octanol–water partition coefficient (Wildman–Crippen LogP) is 0.625. The number of nitrogens with zero attached hydrogens (tertiary/aromatic N) is 1. The van der Waals surface area contributed by atoms with Crippen LogP contribution in [0.2, 0.25) is 0 Å². The molecule has 4 nitrogen and oxygen atoms in total. The third kappa shape index (κ3) is 5.14. The lowest BCUT2D eigenvalue weighted by Crippen LogP contribution is -2.28. The van der Waals surface area contributed by atoms with Crippen molar-refractivity contribution in [3.05, 3.63) is 0 Å². The van der Waals surface area contributed by atoms with Crippen LogP contribution in [0.5, 0.6) is 0 Å². The molecule has 1 N–H and O–H groups in total. The van der Waals surface area contributed by atoms with Gasteiger partial charge in [0.2, 0.25) is 5.91 Å². The lowest BCUT2D eigenvalue weighted by atomic mass is 10.3. The van der Waals surface area contributed by atoms with Crippen LogP contribution in [0.25, 0.3) is 0 Å². The SMILES string of the molecule is COCCNCCCC(=O)N1CCCC1. The molecule has 1 heterocycles. The number of ether oxygens (including phenoxy) is 1. The van der Waals surface area contributed by atoms with Crippen molar-refractivity contribution in [3.63, 3.8) is 0 Å². The van der Waals surface area contributed by atoms with Gasteiger partial charge in [-0.15, -0.1) is 0 Å². The largest absolute Gasteiger partial charge is 0.383 e. The van der Waals surface area contributed by atoms with Crippen molar-refractivity contribution in [2.45, 2.75) is 25.7 Å². The summed E-state index contributed by atoms with van der Waals surface area (Å²) in [5.74, 6) is 0.320. The molecule has 0 radical (unpaired) electrons. The van der Waals surface area contributed by atoms with Crippen LogP contribution in [0.15, 0.2) is 0 Å². The molecular weight excluding hydrogens is 192 g/mol. The van der Waals surface area contributed by atoms with E-state index in [4.69, 9.17) is 4.74 Å². The molecule has 1 aliphatic heterocycles. The minimum absolute atomic E-state index is 0.320. The molecule has 0 bridgehead atoms. The summed E-state index contributed by atoms with van der Waals surface area (Å²) in [5.41, 5.74) is 0. The van der Waals surface area contributed by atoms with E-state index < -0.39 is 0 Å². The Morgan fingerprint density at radius 2 is 2.07 bits per heavy atom. The van der Waals surface area contributed by atoms with Crippen LogP contribution in [0.3, 0.4) is 0 Å². The van der Waals surface area contributed by atoms with E-state index >= 15 is 0 Å². The molecule has 0 aromatic carbocycles. The first kappa shape index (κ1) is 12.5. The molecule has 0 saturated carbocycles. The third-order valence-electron chi connectivity index (χ3n) is 2.69. The van der Waals surface area contributed by atoms with Gasteiger partial charge in [0.25, 0.3) is 0 Å². The molecule has 0 atom stereocenters. The Kier molecular flexibility index (Phi) is 6.36. The second kappa shape index (κ2) is 7.65. The molecule has 15 heavy (non-hydrogen) atoms. The predicted molar refractivity (Wildman–Crippen MR) is 59.8 cm³/mol. The topological polar surface area (TPSA) is 41.6 Å². The molecule has 88 valence electrons. The Morgan fingerprint density at radius 3 is 2.73 bits per heavy atom. The van der Waals surface area contributed by atoms with Gasteiger partial charge in [0, 0.05) is 33.2 Å². The van der Waals surface area contributed by atoms with Crippen LogP contribution in [0.4, 0.5) is 0 Å². The van der Waals surface area contributed by atoms with Gasteiger partial charge >= 0.3 is 0 Å². The lowest BCUT2D eigenvalue weighted by molar-refractivity contribution is -0.130. The van der Waals surface area contributed by atoms with Gasteiger partial charge in [0.1, 0.15) is 0 Å². The van der Waals surface area contributed by atoms with Gasteiger partial charge in [0.05, 0.1) is 6.61 Å². The molecule has 0 unspecified atom stereocenters. The number of amides is 1. The number of carbonyl (C=O) groups is 1. The van der Waals surface area contributed by atoms with E-state index in [1.807, 2.05) is 4.90 Å². The van der Waals surface area contributed by atoms with Gasteiger partial charge in [-0.1, -0.05) is 0 Å². The van der Waals surface area contributed by atoms with Crippen LogP contribution in [-0.2, 0) is 9.53 Å². The fraction of sp³-hybridized carbons (Fsp3) is 0.909. The molecule has 0 aromatic rings. The van der Waals surface area contributed by atoms with Crippen molar-refractivity contribution < 1.29 is 9.53 Å². The van der Waals surface area contributed by atoms with Gasteiger partial charge < -0.3 is 15.0 Å². The minimum Gasteiger partial charge on any atom is -0.383 e. The van der Waals surface area contributed by atoms with Crippen molar-refractivity contribution in [3.8, 4) is 0 Å². The summed E-state index contributed by atoms with van der Waals surface area (Å²) in [5, 5.41) is 3.24. The molecule has 1 amide bonds. The highest BCUT2D eigenvalue weighted by molar-refractivity contribution is 5.76. The minimum atomic E-state index is 0.320. The average molecular weight is 214 g/mol. The zero-order valence-electron chi connectivity index (χ0n) is 9.63. The summed E-state index contributed by atoms with van der Waals surface area (Å²) >= 11 is 0. The molecule has 4 heteroatoms. The number of carbonyl (C=O) groups excluding carboxylic acids is 1. The number of hydrogen-bond acceptors (Lipinski definition) is 3. The first-order valence-corrected chi connectivity index (χ1v) is 5.82. The number of nitrogens with one attached hydrogen (secondary N) is 1. The molecular formula is C11H22N2O2. The molecule has 0 aromatic heterocycles. The zero-order valence-corrected chi connectivity index (χ0v) is 9.63. The maximum atomic E-state index is 11.6. The monoisotopic (exact) mass is 214 g/mol. The summed E-state index contributed by atoms with van der Waals surface area (Å²) in [7, 11) is 1.69. The van der Waals surface area contributed by atoms with E-state index in [1.165, 1.54) is 12.8 Å². The highest BCUT2D eigenvalue weighted by Gasteiger charge is 2.16. The lowest BCUT2D eigenvalue weighted by Gasteiger charge is -2.14. The fourth-order valence-electron chi connectivity index (χ4n) is 1.79. The zero-order chi connectivity index (χ0) is 10.9. The van der Waals surface area contributed by atoms with E-state index in [1.54, 1.807) is 7.11 Å². The van der Waals surface area contributed by atoms with Crippen LogP contribution in [0, 0.1) is 0 Å². The summed E-state index contributed by atoms with van der Waals surface area (Å²) < 4.78 is 4.91. The Bertz CT molecular complexity index is 179. The van der Waals surface area contributed by atoms with Crippen molar-refractivity contribution in [2.75, 3.05) is 39.9 Å². The first-order chi connectivity index (χ1) is 7.34. The van der Waals surface area contributed by atoms with E-state index in [9.17, 15) is 4.79 Å². The molecule has 0 spiro atoms. The Balaban J connectivity index is 1.92. The normalized spacial score (nSPS) is 15.9. The maximum absolute atomic E-state index is 11.6. The number of methoxy groups -OCH3 is 1. The van der Waals surface area contributed by atoms with Gasteiger partial charge in [-0.3, -0.25) is 4.79 Å². The number of rotatable bonds is 7. The van der Waals surface area contributed by atoms with Gasteiger partial charge in [0.15, 0.2) is 0 Å². The summed E-state index contributed by atoms with van der Waals surface area (Å²) in [6.07, 6.45) is 3.97. The quantitative estimate of drug-likeness (QED) is 0.632. The Morgan fingerprint density at radius 1 is 1.33 bits per heavy atom. The fourth-order valence-corrected chi connectivity index (χ4v) is 1.79. The number of hydrogen-bond donors (Lipinski definition) is 1.